The average molecular weight is 1490 g/mol. The fourth-order valence-corrected chi connectivity index (χ4v) is 16.0. The van der Waals surface area contributed by atoms with Gasteiger partial charge >= 0.3 is 11.9 Å². The smallest absolute Gasteiger partial charge is 0.303 e. The zero-order valence-corrected chi connectivity index (χ0v) is 63.2. The van der Waals surface area contributed by atoms with Crippen molar-refractivity contribution in [3.63, 3.8) is 0 Å². The molecule has 9 aromatic rings. The largest absolute Gasteiger partial charge is 0.744 e. The Morgan fingerprint density at radius 3 is 1.49 bits per heavy atom. The van der Waals surface area contributed by atoms with Gasteiger partial charge in [0, 0.05) is 120 Å². The lowest BCUT2D eigenvalue weighted by Gasteiger charge is -2.27. The lowest BCUT2D eigenvalue weighted by molar-refractivity contribution is -2.00. The molecule has 0 radical (unpaired) electrons. The maximum atomic E-state index is 12.0. The number of rotatable bonds is 21. The minimum Gasteiger partial charge on any atom is -0.744 e. The van der Waals surface area contributed by atoms with Gasteiger partial charge in [0.05, 0.1) is 31.7 Å². The lowest BCUT2D eigenvalue weighted by atomic mass is 9.80. The number of anilines is 3. The zero-order chi connectivity index (χ0) is 76.7. The van der Waals surface area contributed by atoms with E-state index in [-0.39, 0.29) is 33.5 Å². The van der Waals surface area contributed by atoms with E-state index in [0.717, 1.165) is 82.4 Å². The summed E-state index contributed by atoms with van der Waals surface area (Å²) in [5.41, 5.74) is 14.9. The fraction of sp³-hybridized carbons (Fsp3) is 0.274. The molecule has 0 bridgehead atoms. The van der Waals surface area contributed by atoms with E-state index in [1.54, 1.807) is 12.1 Å². The Hall–Kier alpha value is -9.78. The van der Waals surface area contributed by atoms with Crippen molar-refractivity contribution in [2.24, 2.45) is 0 Å². The molecule has 0 atom stereocenters. The van der Waals surface area contributed by atoms with Gasteiger partial charge in [-0.3, -0.25) is 14.1 Å². The molecule has 0 amide bonds. The van der Waals surface area contributed by atoms with Crippen LogP contribution in [-0.4, -0.2) is 87.5 Å². The van der Waals surface area contributed by atoms with Crippen molar-refractivity contribution in [1.82, 2.24) is 4.58 Å². The molecule has 106 heavy (non-hydrogen) atoms. The Kier molecular flexibility index (Phi) is 23.9. The van der Waals surface area contributed by atoms with Crippen LogP contribution in [0.5, 0.6) is 0 Å². The monoisotopic (exact) mass is 1490 g/mol. The summed E-state index contributed by atoms with van der Waals surface area (Å²) < 4.78 is 109. The van der Waals surface area contributed by atoms with Crippen LogP contribution in [0.1, 0.15) is 136 Å². The minimum atomic E-state index is -4.94. The van der Waals surface area contributed by atoms with E-state index >= 15 is 0 Å². The second-order valence-corrected chi connectivity index (χ2v) is 32.2. The van der Waals surface area contributed by atoms with Gasteiger partial charge in [0.15, 0.2) is 17.1 Å². The standard InChI is InChI=1S/C39H40N2O5S.C24H28N2O5S.C21H20N.ClHO4/c1-38(2)31-26-29(47(44,45)46)22-24-32(31)40(25-12-6-9-20-36(42)43)34(38)18-13-19-35-39(3,4)37-30-17-11-10-14-27(30)21-23-33(37)41(35)28-15-7-5-8-16-28;1-24(2)20-17-19(32(29,30)31)12-13-21(20)26(16-8-4-7-11-23(27)28)22(24)14-15-25-18-9-5-3-6-10-18;1-15-21(2,3)20-18-12-8-7-9-16(18)13-14-19(20)22(15)17-10-5-4-6-11-17;2-1(3,4)5/h5,7-8,10-11,13-19,21-24,26H,6,9,12,20,25H2,1-4H3,(H-,42,43,44,45,46);3,5-6,9-10,12-15,17H,4,7-8,11,16H2,1-2H3,(H2,27,28,29,30,31);4-14H,1-3H3;(H,2,3,4,5)/q;;+1;. The number of halogens is 1. The van der Waals surface area contributed by atoms with Crippen molar-refractivity contribution < 1.29 is 83.8 Å². The molecular formula is C84H89ClN5O14S2+. The van der Waals surface area contributed by atoms with Gasteiger partial charge in [0.25, 0.3) is 10.1 Å². The number of carbonyl (C=O) groups is 2. The van der Waals surface area contributed by atoms with Gasteiger partial charge in [-0.05, 0) is 161 Å². The Labute approximate surface area is 622 Å². The molecule has 0 fully saturated rings. The maximum Gasteiger partial charge on any atom is 0.303 e. The highest BCUT2D eigenvalue weighted by Gasteiger charge is 2.48. The van der Waals surface area contributed by atoms with E-state index in [0.29, 0.717) is 25.9 Å². The summed E-state index contributed by atoms with van der Waals surface area (Å²) in [5.74, 6) is -1.60. The van der Waals surface area contributed by atoms with Crippen LogP contribution in [0.3, 0.4) is 0 Å². The van der Waals surface area contributed by atoms with Gasteiger partial charge in [0.2, 0.25) is 22.7 Å². The summed E-state index contributed by atoms with van der Waals surface area (Å²) in [6.07, 6.45) is 14.8. The third-order valence-electron chi connectivity index (χ3n) is 20.3. The molecule has 0 unspecified atom stereocenters. The van der Waals surface area contributed by atoms with Crippen LogP contribution in [0.15, 0.2) is 246 Å². The van der Waals surface area contributed by atoms with E-state index in [4.69, 9.17) is 28.8 Å². The van der Waals surface area contributed by atoms with Crippen molar-refractivity contribution in [2.75, 3.05) is 23.3 Å². The van der Waals surface area contributed by atoms with E-state index in [1.807, 2.05) is 88.5 Å². The first-order valence-electron chi connectivity index (χ1n) is 35.1. The number of unbranched alkanes of at least 4 members (excludes halogenated alkanes) is 4. The van der Waals surface area contributed by atoms with Gasteiger partial charge in [-0.2, -0.15) is 22.1 Å². The van der Waals surface area contributed by atoms with Gasteiger partial charge in [0.1, 0.15) is 23.2 Å². The molecule has 0 aliphatic carbocycles. The second-order valence-electron chi connectivity index (χ2n) is 28.7. The number of nitrogens with zero attached hydrogens (tertiary/aromatic N) is 4. The maximum absolute atomic E-state index is 12.0. The number of aliphatic carboxylic acids is 2. The number of allylic oxidation sites excluding steroid dienone is 5. The predicted molar refractivity (Wildman–Crippen MR) is 406 cm³/mol. The van der Waals surface area contributed by atoms with E-state index in [1.165, 1.54) is 74.0 Å². The predicted octanol–water partition coefficient (Wildman–Crippen LogP) is 13.6. The molecule has 4 aliphatic rings. The molecule has 552 valence electrons. The number of hydrogen-bond donors (Lipinski definition) is 4. The highest BCUT2D eigenvalue weighted by atomic mass is 35.7. The van der Waals surface area contributed by atoms with E-state index < -0.39 is 53.2 Å². The summed E-state index contributed by atoms with van der Waals surface area (Å²) in [4.78, 5) is 23.8. The molecule has 0 saturated carbocycles. The van der Waals surface area contributed by atoms with Crippen molar-refractivity contribution in [2.45, 2.75) is 145 Å². The van der Waals surface area contributed by atoms with Crippen LogP contribution < -0.4 is 33.4 Å². The molecule has 4 aliphatic heterocycles. The molecule has 13 rings (SSSR count). The molecule has 22 heteroatoms. The first-order valence-corrected chi connectivity index (χ1v) is 39.1. The van der Waals surface area contributed by atoms with Gasteiger partial charge in [-0.15, -0.1) is 10.2 Å². The molecule has 4 N–H and O–H groups in total. The number of nitrogens with one attached hydrogen (secondary N) is 1. The number of para-hydroxylation sites is 3. The Morgan fingerprint density at radius 1 is 0.519 bits per heavy atom. The van der Waals surface area contributed by atoms with Crippen molar-refractivity contribution in [3.8, 4) is 0 Å². The number of carboxylic acid groups (broad SMARTS) is 2. The SMILES string of the molecule is CC1(C)C(/C=C/Nc2ccccc2)=[N+](CCCCCC(=O)O)c2ccc(S(=O)(=O)O)cc21.CC1(C)C(C=CC=C2N(c3ccccc3)c3ccc4ccccc4c3C2(C)C)=[N+](CCCCCC(=O)O)c2ccc(S(=O)(=O)[O-])cc21.CC1=[N+](c2ccccc2)c2ccc3ccccc3c2C1(C)C.[O-][Cl+3]([O-])([O-])[O-]. The summed E-state index contributed by atoms with van der Waals surface area (Å²) in [6, 6.07) is 66.1. The molecule has 0 aromatic heterocycles. The van der Waals surface area contributed by atoms with Crippen LogP contribution in [0.25, 0.3) is 21.5 Å². The number of carboxylic acids is 2. The molecule has 4 heterocycles. The van der Waals surface area contributed by atoms with E-state index in [9.17, 15) is 35.5 Å². The Morgan fingerprint density at radius 2 is 0.972 bits per heavy atom. The highest BCUT2D eigenvalue weighted by molar-refractivity contribution is 7.86. The zero-order valence-electron chi connectivity index (χ0n) is 60.8. The summed E-state index contributed by atoms with van der Waals surface area (Å²) in [6.45, 7) is 20.9. The summed E-state index contributed by atoms with van der Waals surface area (Å²) in [5, 5.41) is 26.3. The molecule has 9 aromatic carbocycles. The second kappa shape index (κ2) is 32.1. The average Bonchev–Trinajstić information content (AvgIpc) is 1.57. The Balaban J connectivity index is 0.000000175. The van der Waals surface area contributed by atoms with Gasteiger partial charge in [-0.1, -0.05) is 129 Å². The number of benzene rings is 9. The first kappa shape index (κ1) is 78.8. The topological polar surface area (TPSA) is 303 Å². The van der Waals surface area contributed by atoms with Crippen LogP contribution >= 0.6 is 0 Å². The minimum absolute atomic E-state index is 0.0338. The molecule has 0 spiro atoms. The van der Waals surface area contributed by atoms with Crippen molar-refractivity contribution in [1.29, 1.82) is 0 Å². The van der Waals surface area contributed by atoms with Crippen LogP contribution in [0, 0.1) is 10.2 Å². The van der Waals surface area contributed by atoms with Gasteiger partial charge in [-0.25, -0.2) is 27.1 Å². The van der Waals surface area contributed by atoms with Crippen LogP contribution in [-0.2, 0) is 51.5 Å². The summed E-state index contributed by atoms with van der Waals surface area (Å²) >= 11 is 0. The third-order valence-corrected chi connectivity index (χ3v) is 22.0. The van der Waals surface area contributed by atoms with Crippen molar-refractivity contribution >= 4 is 111 Å². The first-order chi connectivity index (χ1) is 50.0. The van der Waals surface area contributed by atoms with Crippen LogP contribution in [0.2, 0.25) is 0 Å². The molecular weight excluding hydrogens is 1400 g/mol. The number of hydrogen-bond acceptors (Lipinski definition) is 13. The molecule has 0 saturated heterocycles. The lowest BCUT2D eigenvalue weighted by Crippen LogP contribution is -2.68. The quantitative estimate of drug-likeness (QED) is 0.0295. The van der Waals surface area contributed by atoms with Gasteiger partial charge < -0.3 is 25.0 Å². The normalized spacial score (nSPS) is 16.3. The summed E-state index contributed by atoms with van der Waals surface area (Å²) in [7, 11) is -13.9. The third kappa shape index (κ3) is 17.5. The highest BCUT2D eigenvalue weighted by Crippen LogP contribution is 2.54. The fourth-order valence-electron chi connectivity index (χ4n) is 15.0. The van der Waals surface area contributed by atoms with E-state index in [2.05, 4.69) is 192 Å². The van der Waals surface area contributed by atoms with Crippen LogP contribution in [0.4, 0.5) is 39.8 Å². The number of fused-ring (bicyclic) bond motifs is 8. The van der Waals surface area contributed by atoms with Crippen molar-refractivity contribution in [3.05, 3.63) is 259 Å². The molecule has 19 nitrogen and oxygen atoms in total. The Bertz CT molecular complexity index is 5230.